The number of hydrogen-bond acceptors (Lipinski definition) is 5. The first-order valence-corrected chi connectivity index (χ1v) is 12.0. The van der Waals surface area contributed by atoms with E-state index in [0.717, 1.165) is 10.8 Å². The minimum absolute atomic E-state index is 0.0652. The third kappa shape index (κ3) is 5.09. The number of piperazine rings is 1. The summed E-state index contributed by atoms with van der Waals surface area (Å²) in [4.78, 5) is 13.7. The van der Waals surface area contributed by atoms with E-state index in [1.807, 2.05) is 65.6 Å². The van der Waals surface area contributed by atoms with Crippen LogP contribution in [0, 0.1) is 0 Å². The number of hydrogen-bond donors (Lipinski definition) is 1. The van der Waals surface area contributed by atoms with Crippen molar-refractivity contribution in [2.45, 2.75) is 17.4 Å². The van der Waals surface area contributed by atoms with Gasteiger partial charge in [0.15, 0.2) is 0 Å². The van der Waals surface area contributed by atoms with Crippen molar-refractivity contribution >= 4 is 26.8 Å². The van der Waals surface area contributed by atoms with Crippen LogP contribution < -0.4 is 4.74 Å². The molecule has 0 bridgehead atoms. The molecule has 8 heteroatoms. The van der Waals surface area contributed by atoms with Crippen molar-refractivity contribution in [3.05, 3.63) is 72.8 Å². The number of nitrogens with zero attached hydrogens (tertiary/aromatic N) is 2. The molecule has 1 atom stereocenters. The fourth-order valence-electron chi connectivity index (χ4n) is 3.99. The second kappa shape index (κ2) is 9.68. The van der Waals surface area contributed by atoms with E-state index in [2.05, 4.69) is 0 Å². The van der Waals surface area contributed by atoms with E-state index < -0.39 is 16.0 Å². The predicted octanol–water partition coefficient (Wildman–Crippen LogP) is 3.07. The summed E-state index contributed by atoms with van der Waals surface area (Å²) in [5, 5.41) is 11.2. The molecule has 0 spiro atoms. The van der Waals surface area contributed by atoms with Crippen molar-refractivity contribution < 1.29 is 23.1 Å². The molecule has 1 aliphatic heterocycles. The van der Waals surface area contributed by atoms with Gasteiger partial charge >= 0.3 is 5.97 Å². The van der Waals surface area contributed by atoms with Crippen LogP contribution in [0.1, 0.15) is 6.42 Å². The highest BCUT2D eigenvalue weighted by molar-refractivity contribution is 7.89. The van der Waals surface area contributed by atoms with Crippen LogP contribution in [0.4, 0.5) is 0 Å². The number of carboxylic acids is 1. The van der Waals surface area contributed by atoms with Gasteiger partial charge in [0.05, 0.1) is 17.4 Å². The molecule has 0 aliphatic carbocycles. The molecule has 1 N–H and O–H groups in total. The van der Waals surface area contributed by atoms with Gasteiger partial charge in [0.25, 0.3) is 0 Å². The second-order valence-corrected chi connectivity index (χ2v) is 9.76. The Kier molecular flexibility index (Phi) is 6.74. The van der Waals surface area contributed by atoms with Gasteiger partial charge in [0.1, 0.15) is 12.4 Å². The maximum atomic E-state index is 13.2. The highest BCUT2D eigenvalue weighted by Crippen LogP contribution is 2.23. The monoisotopic (exact) mass is 454 g/mol. The molecule has 32 heavy (non-hydrogen) atoms. The Labute approximate surface area is 187 Å². The smallest absolute Gasteiger partial charge is 0.305 e. The molecule has 168 valence electrons. The minimum Gasteiger partial charge on any atom is -0.492 e. The van der Waals surface area contributed by atoms with Gasteiger partial charge in [-0.2, -0.15) is 4.31 Å². The van der Waals surface area contributed by atoms with Gasteiger partial charge in [-0.05, 0) is 35.0 Å². The maximum absolute atomic E-state index is 13.2. The number of ether oxygens (including phenoxy) is 1. The molecule has 1 fully saturated rings. The average molecular weight is 455 g/mol. The standard InChI is InChI=1S/C24H26N2O5S/c27-24(28)17-21(18-31-22-8-2-1-3-9-22)25-12-14-26(15-13-25)32(29,30)23-11-10-19-6-4-5-7-20(19)16-23/h1-11,16,21H,12-15,17-18H2,(H,27,28). The molecule has 0 saturated carbocycles. The summed E-state index contributed by atoms with van der Waals surface area (Å²) in [5.74, 6) is -0.224. The quantitative estimate of drug-likeness (QED) is 0.563. The van der Waals surface area contributed by atoms with E-state index in [1.165, 1.54) is 4.31 Å². The lowest BCUT2D eigenvalue weighted by molar-refractivity contribution is -0.139. The van der Waals surface area contributed by atoms with Crippen LogP contribution in [0.25, 0.3) is 10.8 Å². The Morgan fingerprint density at radius 3 is 2.25 bits per heavy atom. The molecule has 1 unspecified atom stereocenters. The van der Waals surface area contributed by atoms with Crippen LogP contribution in [0.3, 0.4) is 0 Å². The number of carboxylic acid groups (broad SMARTS) is 1. The average Bonchev–Trinajstić information content (AvgIpc) is 2.82. The van der Waals surface area contributed by atoms with Gasteiger partial charge in [0, 0.05) is 26.2 Å². The normalized spacial score (nSPS) is 16.6. The van der Waals surface area contributed by atoms with E-state index in [0.29, 0.717) is 31.9 Å². The molecule has 3 aromatic carbocycles. The van der Waals surface area contributed by atoms with E-state index >= 15 is 0 Å². The van der Waals surface area contributed by atoms with Gasteiger partial charge < -0.3 is 9.84 Å². The fourth-order valence-corrected chi connectivity index (χ4v) is 5.45. The van der Waals surface area contributed by atoms with Gasteiger partial charge in [0.2, 0.25) is 10.0 Å². The third-order valence-corrected chi connectivity index (χ3v) is 7.64. The molecule has 0 amide bonds. The molecule has 1 saturated heterocycles. The van der Waals surface area contributed by atoms with Crippen LogP contribution >= 0.6 is 0 Å². The lowest BCUT2D eigenvalue weighted by Crippen LogP contribution is -2.53. The van der Waals surface area contributed by atoms with Gasteiger partial charge in [-0.3, -0.25) is 9.69 Å². The first-order chi connectivity index (χ1) is 15.4. The highest BCUT2D eigenvalue weighted by Gasteiger charge is 2.32. The summed E-state index contributed by atoms with van der Waals surface area (Å²) < 4.78 is 33.6. The summed E-state index contributed by atoms with van der Waals surface area (Å²) in [6.45, 7) is 1.73. The second-order valence-electron chi connectivity index (χ2n) is 7.82. The zero-order valence-electron chi connectivity index (χ0n) is 17.6. The van der Waals surface area contributed by atoms with E-state index in [4.69, 9.17) is 4.74 Å². The van der Waals surface area contributed by atoms with Crippen LogP contribution in [-0.2, 0) is 14.8 Å². The Balaban J connectivity index is 1.42. The van der Waals surface area contributed by atoms with Crippen molar-refractivity contribution in [2.24, 2.45) is 0 Å². The Morgan fingerprint density at radius 2 is 1.56 bits per heavy atom. The van der Waals surface area contributed by atoms with Crippen molar-refractivity contribution in [3.63, 3.8) is 0 Å². The van der Waals surface area contributed by atoms with Crippen molar-refractivity contribution in [1.29, 1.82) is 0 Å². The summed E-state index contributed by atoms with van der Waals surface area (Å²) in [6.07, 6.45) is -0.0652. The molecule has 7 nitrogen and oxygen atoms in total. The first-order valence-electron chi connectivity index (χ1n) is 10.6. The molecular weight excluding hydrogens is 428 g/mol. The zero-order chi connectivity index (χ0) is 22.6. The number of sulfonamides is 1. The van der Waals surface area contributed by atoms with Gasteiger partial charge in [-0.25, -0.2) is 8.42 Å². The highest BCUT2D eigenvalue weighted by atomic mass is 32.2. The summed E-state index contributed by atoms with van der Waals surface area (Å²) in [7, 11) is -3.62. The van der Waals surface area contributed by atoms with Crippen LogP contribution in [0.2, 0.25) is 0 Å². The number of fused-ring (bicyclic) bond motifs is 1. The summed E-state index contributed by atoms with van der Waals surface area (Å²) >= 11 is 0. The molecular formula is C24H26N2O5S. The summed E-state index contributed by atoms with van der Waals surface area (Å²) in [5.41, 5.74) is 0. The number of rotatable bonds is 8. The van der Waals surface area contributed by atoms with Gasteiger partial charge in [-0.15, -0.1) is 0 Å². The maximum Gasteiger partial charge on any atom is 0.305 e. The molecule has 4 rings (SSSR count). The zero-order valence-corrected chi connectivity index (χ0v) is 18.4. The Morgan fingerprint density at radius 1 is 0.906 bits per heavy atom. The largest absolute Gasteiger partial charge is 0.492 e. The lowest BCUT2D eigenvalue weighted by atomic mass is 10.1. The molecule has 3 aromatic rings. The lowest BCUT2D eigenvalue weighted by Gasteiger charge is -2.38. The SMILES string of the molecule is O=C(O)CC(COc1ccccc1)N1CCN(S(=O)(=O)c2ccc3ccccc3c2)CC1. The molecule has 1 heterocycles. The molecule has 0 radical (unpaired) electrons. The van der Waals surface area contributed by atoms with Crippen molar-refractivity contribution in [2.75, 3.05) is 32.8 Å². The Bertz CT molecular complexity index is 1180. The van der Waals surface area contributed by atoms with E-state index in [1.54, 1.807) is 12.1 Å². The number of benzene rings is 3. The summed E-state index contributed by atoms with van der Waals surface area (Å²) in [6, 6.07) is 21.7. The van der Waals surface area contributed by atoms with Crippen LogP contribution in [0.5, 0.6) is 5.75 Å². The topological polar surface area (TPSA) is 87.2 Å². The Hall–Kier alpha value is -2.94. The number of para-hydroxylation sites is 1. The van der Waals surface area contributed by atoms with E-state index in [9.17, 15) is 18.3 Å². The van der Waals surface area contributed by atoms with E-state index in [-0.39, 0.29) is 24.0 Å². The van der Waals surface area contributed by atoms with Crippen molar-refractivity contribution in [1.82, 2.24) is 9.21 Å². The number of aliphatic carboxylic acids is 1. The fraction of sp³-hybridized carbons (Fsp3) is 0.292. The van der Waals surface area contributed by atoms with Gasteiger partial charge in [-0.1, -0.05) is 48.5 Å². The van der Waals surface area contributed by atoms with Crippen LogP contribution in [-0.4, -0.2) is 67.5 Å². The molecule has 1 aliphatic rings. The minimum atomic E-state index is -3.62. The van der Waals surface area contributed by atoms with Crippen molar-refractivity contribution in [3.8, 4) is 5.75 Å². The third-order valence-electron chi connectivity index (χ3n) is 5.74. The predicted molar refractivity (Wildman–Crippen MR) is 122 cm³/mol. The molecule has 0 aromatic heterocycles. The number of carbonyl (C=O) groups is 1. The first kappa shape index (κ1) is 22.3. The van der Waals surface area contributed by atoms with Crippen LogP contribution in [0.15, 0.2) is 77.7 Å².